The second kappa shape index (κ2) is 43.2. The smallest absolute Gasteiger partial charge is 0.0608 e. The molecule has 12 aromatic heterocycles. The third-order valence-corrected chi connectivity index (χ3v) is 27.7. The van der Waals surface area contributed by atoms with Crippen LogP contribution in [-0.4, -0.2) is 56.3 Å². The second-order valence-electron chi connectivity index (χ2n) is 37.5. The van der Waals surface area contributed by atoms with Crippen molar-refractivity contribution in [3.63, 3.8) is 0 Å². The zero-order valence-electron chi connectivity index (χ0n) is 80.1. The van der Waals surface area contributed by atoms with Crippen molar-refractivity contribution in [3.8, 4) is 22.3 Å². The fourth-order valence-electron chi connectivity index (χ4n) is 21.1. The Balaban J connectivity index is 0.000000121. The molecule has 12 nitrogen and oxygen atoms in total. The maximum atomic E-state index is 4.63. The van der Waals surface area contributed by atoms with E-state index in [0.717, 1.165) is 78.5 Å². The first-order valence-electron chi connectivity index (χ1n) is 47.2. The summed E-state index contributed by atoms with van der Waals surface area (Å²) in [7, 11) is 0. The summed E-state index contributed by atoms with van der Waals surface area (Å²) in [5.41, 5.74) is 31.7. The standard InChI is InChI=1S/C26H23N2.C23H17N2.C21H19N2.C19H17N2.2C17H13N2.6Ir/c1-17-15-22(18-9-11-19(12-10-18)26(2,3)4)24-23(16-17)20-7-5-6-8-21(20)25-27-13-14-28(24)25;1-15-6-5-7-16(2)22(15)17-10-11-21-20(14-17)18-8-3-4-9-19(18)23-24-12-13-25(21)23;1-2-6-15(7-3-1)16-10-11-20-19(14-16)17-8-4-5-9-18(17)21-22-12-13-23(20)21;1-2-3-6-14-9-10-18-17(13-14)15-7-4-5-8-16(15)19-20-11-12-21(18)19;1-11-9-15-13-5-3-4-6-14(13)17-18-7-8-19(17)16(15)10-12(11)2;1-11-9-12(2)16-15(10-11)13-5-3-4-6-14(13)17-18-7-8-19(16)17;;;;;;/h5-7,9-16H,1-4H3;3-8,10-14H,1-2H3;4-5,8,10-15H,1-3,6-7H2;4-5,7,9-13H,2-3,6H2,1H3;2*3-5,7-10H,1-2H3;;;;;;/q6*-1;;;;;;. The molecule has 12 heterocycles. The molecule has 26 aromatic rings. The first-order chi connectivity index (χ1) is 66.0. The van der Waals surface area contributed by atoms with Crippen LogP contribution in [0.4, 0.5) is 0 Å². The van der Waals surface area contributed by atoms with Crippen molar-refractivity contribution in [1.29, 1.82) is 0 Å². The number of unbranched alkanes of at least 4 members (excludes halogenated alkanes) is 1. The number of hydrogen-bond acceptors (Lipinski definition) is 6. The van der Waals surface area contributed by atoms with E-state index in [1.54, 1.807) is 0 Å². The minimum Gasteiger partial charge on any atom is -0.340 e. The van der Waals surface area contributed by atoms with Crippen molar-refractivity contribution >= 4 is 164 Å². The van der Waals surface area contributed by atoms with Gasteiger partial charge < -0.3 is 26.4 Å². The van der Waals surface area contributed by atoms with Crippen molar-refractivity contribution in [1.82, 2.24) is 56.3 Å². The van der Waals surface area contributed by atoms with Crippen LogP contribution >= 0.6 is 0 Å². The van der Waals surface area contributed by atoms with Gasteiger partial charge in [-0.1, -0.05) is 200 Å². The number of nitrogens with zero attached hydrogens (tertiary/aromatic N) is 12. The van der Waals surface area contributed by atoms with Crippen LogP contribution in [0.3, 0.4) is 0 Å². The van der Waals surface area contributed by atoms with Crippen LogP contribution in [0.2, 0.25) is 0 Å². The minimum atomic E-state index is 0. The number of fused-ring (bicyclic) bond motifs is 36. The van der Waals surface area contributed by atoms with Gasteiger partial charge in [0.05, 0.1) is 33.9 Å². The average molecular weight is 2900 g/mol. The third-order valence-electron chi connectivity index (χ3n) is 27.7. The van der Waals surface area contributed by atoms with Crippen LogP contribution in [0.1, 0.15) is 134 Å². The molecule has 141 heavy (non-hydrogen) atoms. The first-order valence-corrected chi connectivity index (χ1v) is 47.2. The number of aromatic nitrogens is 12. The molecule has 0 spiro atoms. The summed E-state index contributed by atoms with van der Waals surface area (Å²) in [4.78, 5) is 27.2. The Morgan fingerprint density at radius 2 is 0.674 bits per heavy atom. The van der Waals surface area contributed by atoms with Gasteiger partial charge in [0.1, 0.15) is 0 Å². The van der Waals surface area contributed by atoms with E-state index in [-0.39, 0.29) is 126 Å². The molecule has 1 aliphatic rings. The van der Waals surface area contributed by atoms with E-state index in [1.165, 1.54) is 221 Å². The van der Waals surface area contributed by atoms with E-state index in [4.69, 9.17) is 0 Å². The third kappa shape index (κ3) is 19.1. The van der Waals surface area contributed by atoms with Gasteiger partial charge in [-0.25, -0.2) is 0 Å². The quantitative estimate of drug-likeness (QED) is 0.121. The monoisotopic (exact) mass is 2900 g/mol. The van der Waals surface area contributed by atoms with Crippen molar-refractivity contribution in [2.45, 2.75) is 139 Å². The van der Waals surface area contributed by atoms with Crippen LogP contribution in [-0.2, 0) is 132 Å². The fourth-order valence-corrected chi connectivity index (χ4v) is 21.1. The Kier molecular flexibility index (Phi) is 31.3. The van der Waals surface area contributed by atoms with Crippen molar-refractivity contribution in [3.05, 3.63) is 409 Å². The average Bonchev–Trinajstić information content (AvgIpc) is 1.69. The summed E-state index contributed by atoms with van der Waals surface area (Å²) in [5, 5.41) is 21.5. The van der Waals surface area contributed by atoms with E-state index >= 15 is 0 Å². The Hall–Kier alpha value is -11.8. The summed E-state index contributed by atoms with van der Waals surface area (Å²) in [6.07, 6.45) is 33.8. The first kappa shape index (κ1) is 102. The van der Waals surface area contributed by atoms with E-state index < -0.39 is 0 Å². The second-order valence-corrected chi connectivity index (χ2v) is 37.5. The van der Waals surface area contributed by atoms with Gasteiger partial charge in [-0.05, 0) is 209 Å². The van der Waals surface area contributed by atoms with Crippen molar-refractivity contribution in [2.75, 3.05) is 0 Å². The molecule has 18 heteroatoms. The SMILES string of the molecule is CCCCc1ccc2c(c1)c1ccc[c-]c1c1nccn21.Cc1cc(-c2ccc(C(C)(C)C)cc2)c2c(c1)c1ccc[c-]c1c1nccn12.Cc1cc(C)c2c(c1)c1ccc[c-]c1c1nccn12.Cc1cc2c3ccc[c-]c3c3nccn3c2cc1C.Cc1cccc(C)c1-c1ccc2c(c1)c1ccc[c-]c1c1nccn21.[Ir].[Ir].[Ir].[Ir].[Ir].[Ir].[c-]1cccc2c1c1nccn1c1ccc(C3CCCCC3)cc21. The number of pyridine rings is 6. The molecular weight excluding hydrogens is 2800 g/mol. The molecule has 0 atom stereocenters. The molecule has 27 rings (SSSR count). The van der Waals surface area contributed by atoms with E-state index in [0.29, 0.717) is 0 Å². The molecule has 0 unspecified atom stereocenters. The topological polar surface area (TPSA) is 104 Å². The van der Waals surface area contributed by atoms with Crippen LogP contribution in [0.5, 0.6) is 0 Å². The van der Waals surface area contributed by atoms with E-state index in [2.05, 4.69) is 369 Å². The summed E-state index contributed by atoms with van der Waals surface area (Å²) in [6, 6.07) is 107. The Bertz CT molecular complexity index is 9130. The molecule has 714 valence electrons. The molecule has 6 radical (unpaired) electrons. The number of aryl methyl sites for hydroxylation is 8. The summed E-state index contributed by atoms with van der Waals surface area (Å²) < 4.78 is 13.0. The summed E-state index contributed by atoms with van der Waals surface area (Å²) in [6.45, 7) is 24.1. The van der Waals surface area contributed by atoms with Gasteiger partial charge >= 0.3 is 0 Å². The van der Waals surface area contributed by atoms with Gasteiger partial charge in [0.15, 0.2) is 0 Å². The Morgan fingerprint density at radius 1 is 0.305 bits per heavy atom. The molecule has 1 saturated carbocycles. The van der Waals surface area contributed by atoms with Crippen molar-refractivity contribution < 1.29 is 121 Å². The van der Waals surface area contributed by atoms with Gasteiger partial charge in [0, 0.05) is 234 Å². The van der Waals surface area contributed by atoms with Crippen molar-refractivity contribution in [2.24, 2.45) is 0 Å². The molecule has 0 N–H and O–H groups in total. The number of rotatable bonds is 6. The molecular formula is C123H102Ir6N12-6. The number of benzene rings is 14. The van der Waals surface area contributed by atoms with Gasteiger partial charge in [-0.3, -0.25) is 29.9 Å². The Morgan fingerprint density at radius 3 is 1.13 bits per heavy atom. The molecule has 0 bridgehead atoms. The van der Waals surface area contributed by atoms with Crippen LogP contribution < -0.4 is 0 Å². The number of hydrogen-bond donors (Lipinski definition) is 0. The van der Waals surface area contributed by atoms with Gasteiger partial charge in [0.25, 0.3) is 0 Å². The van der Waals surface area contributed by atoms with Crippen LogP contribution in [0.25, 0.3) is 186 Å². The van der Waals surface area contributed by atoms with Crippen LogP contribution in [0.15, 0.2) is 317 Å². The molecule has 14 aromatic carbocycles. The molecule has 1 aliphatic carbocycles. The normalized spacial score (nSPS) is 12.1. The zero-order valence-corrected chi connectivity index (χ0v) is 94.5. The summed E-state index contributed by atoms with van der Waals surface area (Å²) >= 11 is 0. The predicted molar refractivity (Wildman–Crippen MR) is 561 cm³/mol. The fraction of sp³-hybridized carbons (Fsp3) is 0.171. The molecule has 0 saturated heterocycles. The Labute approximate surface area is 902 Å². The number of imidazole rings is 6. The predicted octanol–water partition coefficient (Wildman–Crippen LogP) is 30.8. The minimum absolute atomic E-state index is 0. The zero-order chi connectivity index (χ0) is 91.9. The maximum absolute atomic E-state index is 4.63. The molecule has 0 aliphatic heterocycles. The largest absolute Gasteiger partial charge is 0.340 e. The van der Waals surface area contributed by atoms with Gasteiger partial charge in [0.2, 0.25) is 0 Å². The van der Waals surface area contributed by atoms with Gasteiger partial charge in [-0.2, -0.15) is 0 Å². The molecule has 1 fully saturated rings. The van der Waals surface area contributed by atoms with Crippen LogP contribution in [0, 0.1) is 84.9 Å². The summed E-state index contributed by atoms with van der Waals surface area (Å²) in [5.74, 6) is 0.731. The van der Waals surface area contributed by atoms with E-state index in [1.807, 2.05) is 117 Å². The van der Waals surface area contributed by atoms with E-state index in [9.17, 15) is 0 Å². The van der Waals surface area contributed by atoms with Gasteiger partial charge in [-0.15, -0.1) is 178 Å². The maximum Gasteiger partial charge on any atom is 0.0608 e. The molecule has 0 amide bonds.